The quantitative estimate of drug-likeness (QED) is 0.668. The molecule has 0 unspecified atom stereocenters. The lowest BCUT2D eigenvalue weighted by Crippen LogP contribution is -2.43. The van der Waals surface area contributed by atoms with Gasteiger partial charge in [0.25, 0.3) is 0 Å². The number of carbonyl (C=O) groups is 1. The Hall–Kier alpha value is -1.39. The van der Waals surface area contributed by atoms with Gasteiger partial charge in [-0.3, -0.25) is 9.69 Å². The average molecular weight is 236 g/mol. The Balaban J connectivity index is 2.53. The van der Waals surface area contributed by atoms with E-state index in [4.69, 9.17) is 4.74 Å². The van der Waals surface area contributed by atoms with E-state index >= 15 is 0 Å². The highest BCUT2D eigenvalue weighted by Gasteiger charge is 2.17. The summed E-state index contributed by atoms with van der Waals surface area (Å²) in [7, 11) is 1.75. The largest absolute Gasteiger partial charge is 0.379 e. The number of hydrogen-bond donors (Lipinski definition) is 0. The summed E-state index contributed by atoms with van der Waals surface area (Å²) in [5, 5.41) is 0. The zero-order valence-electron chi connectivity index (χ0n) is 10.4. The molecule has 0 aromatic carbocycles. The second kappa shape index (κ2) is 7.04. The molecule has 17 heavy (non-hydrogen) atoms. The summed E-state index contributed by atoms with van der Waals surface area (Å²) >= 11 is 0. The highest BCUT2D eigenvalue weighted by molar-refractivity contribution is 5.80. The van der Waals surface area contributed by atoms with E-state index in [0.29, 0.717) is 19.8 Å². The molecule has 0 aromatic heterocycles. The molecule has 1 saturated heterocycles. The Bertz CT molecular complexity index is 317. The van der Waals surface area contributed by atoms with Gasteiger partial charge in [0.1, 0.15) is 0 Å². The average Bonchev–Trinajstić information content (AvgIpc) is 2.36. The molecule has 1 heterocycles. The van der Waals surface area contributed by atoms with Crippen LogP contribution in [-0.4, -0.2) is 55.6 Å². The Morgan fingerprint density at radius 1 is 1.41 bits per heavy atom. The fourth-order valence-corrected chi connectivity index (χ4v) is 1.64. The minimum absolute atomic E-state index is 0.0555. The van der Waals surface area contributed by atoms with Crippen LogP contribution < -0.4 is 0 Å². The third-order valence-electron chi connectivity index (χ3n) is 2.72. The van der Waals surface area contributed by atoms with Gasteiger partial charge in [-0.15, -0.1) is 0 Å². The number of carbonyl (C=O) groups excluding carboxylic acids is 1. The topological polar surface area (TPSA) is 32.8 Å². The van der Waals surface area contributed by atoms with Crippen LogP contribution in [0.15, 0.2) is 37.1 Å². The monoisotopic (exact) mass is 236 g/mol. The van der Waals surface area contributed by atoms with E-state index in [1.807, 2.05) is 0 Å². The van der Waals surface area contributed by atoms with E-state index < -0.39 is 0 Å². The maximum absolute atomic E-state index is 12.0. The molecule has 94 valence electrons. The molecule has 0 spiro atoms. The summed E-state index contributed by atoms with van der Waals surface area (Å²) < 4.78 is 5.24. The van der Waals surface area contributed by atoms with E-state index in [2.05, 4.69) is 18.1 Å². The van der Waals surface area contributed by atoms with Gasteiger partial charge in [-0.25, -0.2) is 0 Å². The fraction of sp³-hybridized carbons (Fsp3) is 0.462. The van der Waals surface area contributed by atoms with Crippen molar-refractivity contribution in [2.75, 3.05) is 39.9 Å². The van der Waals surface area contributed by atoms with Crippen LogP contribution in [0, 0.1) is 0 Å². The zero-order chi connectivity index (χ0) is 12.7. The molecule has 0 saturated carbocycles. The molecular weight excluding hydrogens is 216 g/mol. The molecule has 4 heteroatoms. The van der Waals surface area contributed by atoms with Gasteiger partial charge < -0.3 is 9.64 Å². The van der Waals surface area contributed by atoms with Crippen molar-refractivity contribution in [3.8, 4) is 0 Å². The number of allylic oxidation sites excluding steroid dienone is 3. The molecule has 0 bridgehead atoms. The molecule has 0 radical (unpaired) electrons. The Morgan fingerprint density at radius 3 is 2.59 bits per heavy atom. The Labute approximate surface area is 103 Å². The van der Waals surface area contributed by atoms with Gasteiger partial charge in [0.05, 0.1) is 19.8 Å². The normalized spacial score (nSPS) is 17.6. The second-order valence-corrected chi connectivity index (χ2v) is 3.87. The minimum atomic E-state index is 0.0555. The maximum atomic E-state index is 12.0. The van der Waals surface area contributed by atoms with Crippen LogP contribution in [0.5, 0.6) is 0 Å². The third-order valence-corrected chi connectivity index (χ3v) is 2.72. The number of hydrogen-bond acceptors (Lipinski definition) is 3. The molecule has 0 N–H and O–H groups in total. The molecule has 0 atom stereocenters. The van der Waals surface area contributed by atoms with Gasteiger partial charge >= 0.3 is 0 Å². The van der Waals surface area contributed by atoms with Crippen LogP contribution in [0.2, 0.25) is 0 Å². The highest BCUT2D eigenvalue weighted by atomic mass is 16.5. The fourth-order valence-electron chi connectivity index (χ4n) is 1.64. The van der Waals surface area contributed by atoms with Crippen molar-refractivity contribution in [2.24, 2.45) is 0 Å². The molecule has 4 nitrogen and oxygen atoms in total. The summed E-state index contributed by atoms with van der Waals surface area (Å²) in [6.07, 6.45) is 5.07. The maximum Gasteiger partial charge on any atom is 0.240 e. The van der Waals surface area contributed by atoms with E-state index in [1.165, 1.54) is 0 Å². The van der Waals surface area contributed by atoms with Crippen LogP contribution in [0.3, 0.4) is 0 Å². The summed E-state index contributed by atoms with van der Waals surface area (Å²) in [5.41, 5.74) is 0.762. The van der Waals surface area contributed by atoms with E-state index in [1.54, 1.807) is 30.2 Å². The van der Waals surface area contributed by atoms with Gasteiger partial charge in [-0.2, -0.15) is 0 Å². The number of amides is 1. The molecule has 1 aliphatic heterocycles. The van der Waals surface area contributed by atoms with E-state index in [0.717, 1.165) is 18.8 Å². The number of rotatable bonds is 5. The van der Waals surface area contributed by atoms with Crippen molar-refractivity contribution in [3.05, 3.63) is 37.1 Å². The SMILES string of the molecule is C=C/C=C(\C=C)N(C)C(=O)CN1CCOCC1. The van der Waals surface area contributed by atoms with Gasteiger partial charge in [-0.1, -0.05) is 19.2 Å². The summed E-state index contributed by atoms with van der Waals surface area (Å²) in [6, 6.07) is 0. The smallest absolute Gasteiger partial charge is 0.240 e. The van der Waals surface area contributed by atoms with Crippen LogP contribution in [0.1, 0.15) is 0 Å². The standard InChI is InChI=1S/C13H20N2O2/c1-4-6-12(5-2)14(3)13(16)11-15-7-9-17-10-8-15/h4-6H,1-2,7-11H2,3H3/b12-6+. The van der Waals surface area contributed by atoms with Crippen LogP contribution in [-0.2, 0) is 9.53 Å². The predicted molar refractivity (Wildman–Crippen MR) is 68.5 cm³/mol. The predicted octanol–water partition coefficient (Wildman–Crippen LogP) is 1.03. The molecule has 0 aliphatic carbocycles. The summed E-state index contributed by atoms with van der Waals surface area (Å²) in [6.45, 7) is 10.8. The van der Waals surface area contributed by atoms with E-state index in [-0.39, 0.29) is 5.91 Å². The van der Waals surface area contributed by atoms with Crippen molar-refractivity contribution in [1.82, 2.24) is 9.80 Å². The van der Waals surface area contributed by atoms with Gasteiger partial charge in [0.2, 0.25) is 5.91 Å². The number of morpholine rings is 1. The number of ether oxygens (including phenoxy) is 1. The molecule has 1 amide bonds. The molecule has 1 rings (SSSR count). The zero-order valence-corrected chi connectivity index (χ0v) is 10.4. The molecule has 1 aliphatic rings. The first-order valence-corrected chi connectivity index (χ1v) is 5.71. The Kier molecular flexibility index (Phi) is 5.66. The highest BCUT2D eigenvalue weighted by Crippen LogP contribution is 2.05. The lowest BCUT2D eigenvalue weighted by Gasteiger charge is -2.28. The summed E-state index contributed by atoms with van der Waals surface area (Å²) in [4.78, 5) is 15.7. The van der Waals surface area contributed by atoms with Gasteiger partial charge in [0, 0.05) is 25.8 Å². The molecular formula is C13H20N2O2. The van der Waals surface area contributed by atoms with Crippen molar-refractivity contribution < 1.29 is 9.53 Å². The van der Waals surface area contributed by atoms with Crippen LogP contribution in [0.4, 0.5) is 0 Å². The van der Waals surface area contributed by atoms with Crippen LogP contribution in [0.25, 0.3) is 0 Å². The minimum Gasteiger partial charge on any atom is -0.379 e. The van der Waals surface area contributed by atoms with Crippen molar-refractivity contribution in [2.45, 2.75) is 0 Å². The van der Waals surface area contributed by atoms with Gasteiger partial charge in [-0.05, 0) is 12.2 Å². The lowest BCUT2D eigenvalue weighted by atomic mass is 10.3. The third kappa shape index (κ3) is 4.17. The summed E-state index contributed by atoms with van der Waals surface area (Å²) in [5.74, 6) is 0.0555. The van der Waals surface area contributed by atoms with E-state index in [9.17, 15) is 4.79 Å². The Morgan fingerprint density at radius 2 is 2.06 bits per heavy atom. The second-order valence-electron chi connectivity index (χ2n) is 3.87. The van der Waals surface area contributed by atoms with Crippen molar-refractivity contribution in [1.29, 1.82) is 0 Å². The lowest BCUT2D eigenvalue weighted by molar-refractivity contribution is -0.130. The number of nitrogens with zero attached hydrogens (tertiary/aromatic N) is 2. The first kappa shape index (κ1) is 13.7. The van der Waals surface area contributed by atoms with Crippen molar-refractivity contribution >= 4 is 5.91 Å². The van der Waals surface area contributed by atoms with Crippen LogP contribution >= 0.6 is 0 Å². The molecule has 0 aromatic rings. The first-order chi connectivity index (χ1) is 8.19. The first-order valence-electron chi connectivity index (χ1n) is 5.71. The van der Waals surface area contributed by atoms with Gasteiger partial charge in [0.15, 0.2) is 0 Å². The van der Waals surface area contributed by atoms with Crippen molar-refractivity contribution in [3.63, 3.8) is 0 Å². The molecule has 1 fully saturated rings. The number of likely N-dealkylation sites (N-methyl/N-ethyl adjacent to an activating group) is 1.